The summed E-state index contributed by atoms with van der Waals surface area (Å²) in [7, 11) is 0. The van der Waals surface area contributed by atoms with E-state index >= 15 is 0 Å². The average molecular weight is 894 g/mol. The second kappa shape index (κ2) is 15.4. The minimum absolute atomic E-state index is 0.212. The van der Waals surface area contributed by atoms with Crippen molar-refractivity contribution in [2.24, 2.45) is 0 Å². The van der Waals surface area contributed by atoms with Crippen LogP contribution in [0.1, 0.15) is 47.2 Å². The Morgan fingerprint density at radius 3 is 1.46 bits per heavy atom. The van der Waals surface area contributed by atoms with E-state index in [1.807, 2.05) is 0 Å². The van der Waals surface area contributed by atoms with Crippen molar-refractivity contribution >= 4 is 49.8 Å². The number of fused-ring (bicyclic) bond motifs is 11. The summed E-state index contributed by atoms with van der Waals surface area (Å²) in [5.41, 5.74) is 21.4. The SMILES string of the molecule is CC1(C)c2ccccc2-c2ccc(N(c3ccc4c(c3)C(c3ccccc3)(c3ccccc3)c3ccccc3-4)c3cc(-c4ccccc4)cc4c3oc3c5ccccc5c(-c5ccccc5)cc43)cc21. The molecule has 2 heteroatoms. The summed E-state index contributed by atoms with van der Waals surface area (Å²) in [5.74, 6) is 0. The van der Waals surface area contributed by atoms with E-state index in [1.165, 1.54) is 72.1 Å². The molecule has 14 rings (SSSR count). The number of nitrogens with zero attached hydrogens (tertiary/aromatic N) is 1. The summed E-state index contributed by atoms with van der Waals surface area (Å²) >= 11 is 0. The molecular weight excluding hydrogens is 847 g/mol. The van der Waals surface area contributed by atoms with E-state index in [0.29, 0.717) is 0 Å². The molecule has 0 fully saturated rings. The number of furan rings is 1. The van der Waals surface area contributed by atoms with Crippen molar-refractivity contribution in [1.29, 1.82) is 0 Å². The fraction of sp³-hybridized carbons (Fsp3) is 0.0588. The molecule has 0 saturated heterocycles. The van der Waals surface area contributed by atoms with Crippen molar-refractivity contribution in [3.63, 3.8) is 0 Å². The Bertz CT molecular complexity index is 3980. The first-order valence-corrected chi connectivity index (χ1v) is 24.4. The molecule has 11 aromatic carbocycles. The fourth-order valence-electron chi connectivity index (χ4n) is 12.3. The Hall–Kier alpha value is -8.72. The highest BCUT2D eigenvalue weighted by Gasteiger charge is 2.46. The third-order valence-corrected chi connectivity index (χ3v) is 15.5. The van der Waals surface area contributed by atoms with Crippen molar-refractivity contribution in [1.82, 2.24) is 0 Å². The maximum absolute atomic E-state index is 7.47. The maximum Gasteiger partial charge on any atom is 0.159 e. The minimum Gasteiger partial charge on any atom is -0.453 e. The van der Waals surface area contributed by atoms with Crippen LogP contribution in [0.5, 0.6) is 0 Å². The molecule has 2 aliphatic rings. The largest absolute Gasteiger partial charge is 0.453 e. The Labute approximate surface area is 408 Å². The molecule has 0 aliphatic heterocycles. The number of benzene rings is 11. The van der Waals surface area contributed by atoms with E-state index in [4.69, 9.17) is 4.42 Å². The summed E-state index contributed by atoms with van der Waals surface area (Å²) in [6.07, 6.45) is 0. The van der Waals surface area contributed by atoms with Gasteiger partial charge < -0.3 is 9.32 Å². The molecule has 0 bridgehead atoms. The van der Waals surface area contributed by atoms with Crippen molar-refractivity contribution in [3.8, 4) is 44.5 Å². The second-order valence-electron chi connectivity index (χ2n) is 19.5. The lowest BCUT2D eigenvalue weighted by Gasteiger charge is -2.35. The number of rotatable bonds is 7. The molecular formula is C68H47NO. The molecule has 0 amide bonds. The predicted octanol–water partition coefficient (Wildman–Crippen LogP) is 18.2. The lowest BCUT2D eigenvalue weighted by Crippen LogP contribution is -2.28. The molecule has 1 aromatic heterocycles. The third-order valence-electron chi connectivity index (χ3n) is 15.5. The lowest BCUT2D eigenvalue weighted by atomic mass is 9.67. The zero-order valence-electron chi connectivity index (χ0n) is 39.0. The molecule has 70 heavy (non-hydrogen) atoms. The minimum atomic E-state index is -0.578. The van der Waals surface area contributed by atoms with Crippen molar-refractivity contribution < 1.29 is 4.42 Å². The van der Waals surface area contributed by atoms with Gasteiger partial charge in [-0.3, -0.25) is 0 Å². The highest BCUT2D eigenvalue weighted by atomic mass is 16.3. The normalized spacial score (nSPS) is 13.8. The molecule has 12 aromatic rings. The van der Waals surface area contributed by atoms with Gasteiger partial charge in [0.15, 0.2) is 5.58 Å². The molecule has 1 heterocycles. The number of anilines is 3. The van der Waals surface area contributed by atoms with Crippen LogP contribution < -0.4 is 4.90 Å². The molecule has 0 atom stereocenters. The van der Waals surface area contributed by atoms with Gasteiger partial charge in [0.25, 0.3) is 0 Å². The van der Waals surface area contributed by atoms with E-state index in [-0.39, 0.29) is 5.41 Å². The summed E-state index contributed by atoms with van der Waals surface area (Å²) in [5, 5.41) is 4.42. The molecule has 0 N–H and O–H groups in total. The van der Waals surface area contributed by atoms with Crippen molar-refractivity contribution in [3.05, 3.63) is 282 Å². The van der Waals surface area contributed by atoms with Crippen LogP contribution >= 0.6 is 0 Å². The topological polar surface area (TPSA) is 16.4 Å². The standard InChI is InChI=1S/C68H47NO/c1-67(2)60-33-19-17-30-52(60)54-37-35-49(41-62(54)67)69(50-36-38-55-53-31-18-20-34-61(53)68(63(55)42-50,47-25-11-5-12-26-47)48-27-13-6-14-28-48)64-40-46(44-21-7-3-8-22-44)39-58-59-43-57(45-23-9-4-10-24-45)51-29-15-16-32-56(51)65(59)70-66(58)64/h3-43H,1-2H3. The van der Waals surface area contributed by atoms with Crippen LogP contribution in [0.25, 0.3) is 77.2 Å². The first-order valence-electron chi connectivity index (χ1n) is 24.4. The number of hydrogen-bond donors (Lipinski definition) is 0. The van der Waals surface area contributed by atoms with Gasteiger partial charge in [-0.2, -0.15) is 0 Å². The highest BCUT2D eigenvalue weighted by molar-refractivity contribution is 6.21. The van der Waals surface area contributed by atoms with Crippen LogP contribution in [0.4, 0.5) is 17.1 Å². The van der Waals surface area contributed by atoms with E-state index in [1.54, 1.807) is 0 Å². The average Bonchev–Trinajstić information content (AvgIpc) is 4.03. The van der Waals surface area contributed by atoms with E-state index in [9.17, 15) is 0 Å². The maximum atomic E-state index is 7.47. The van der Waals surface area contributed by atoms with E-state index < -0.39 is 5.41 Å². The second-order valence-corrected chi connectivity index (χ2v) is 19.5. The predicted molar refractivity (Wildman–Crippen MR) is 292 cm³/mol. The van der Waals surface area contributed by atoms with Gasteiger partial charge in [-0.15, -0.1) is 0 Å². The van der Waals surface area contributed by atoms with Crippen LogP contribution in [-0.4, -0.2) is 0 Å². The molecule has 0 spiro atoms. The Kier molecular flexibility index (Phi) is 8.88. The van der Waals surface area contributed by atoms with Gasteiger partial charge in [-0.1, -0.05) is 220 Å². The molecule has 330 valence electrons. The number of hydrogen-bond acceptors (Lipinski definition) is 2. The van der Waals surface area contributed by atoms with Crippen molar-refractivity contribution in [2.75, 3.05) is 4.90 Å². The van der Waals surface area contributed by atoms with Crippen LogP contribution in [0, 0.1) is 0 Å². The van der Waals surface area contributed by atoms with Gasteiger partial charge in [0, 0.05) is 32.9 Å². The molecule has 2 nitrogen and oxygen atoms in total. The smallest absolute Gasteiger partial charge is 0.159 e. The van der Waals surface area contributed by atoms with Crippen LogP contribution in [0.3, 0.4) is 0 Å². The fourth-order valence-corrected chi connectivity index (χ4v) is 12.3. The van der Waals surface area contributed by atoms with Gasteiger partial charge in [0.1, 0.15) is 5.58 Å². The van der Waals surface area contributed by atoms with Crippen LogP contribution in [0.15, 0.2) is 253 Å². The van der Waals surface area contributed by atoms with E-state index in [0.717, 1.165) is 55.5 Å². The van der Waals surface area contributed by atoms with Crippen LogP contribution in [0.2, 0.25) is 0 Å². The Morgan fingerprint density at radius 2 is 0.800 bits per heavy atom. The van der Waals surface area contributed by atoms with Crippen LogP contribution in [-0.2, 0) is 10.8 Å². The summed E-state index contributed by atoms with van der Waals surface area (Å²) in [6, 6.07) is 91.8. The Balaban J connectivity index is 1.11. The Morgan fingerprint density at radius 1 is 0.314 bits per heavy atom. The quantitative estimate of drug-likeness (QED) is 0.158. The summed E-state index contributed by atoms with van der Waals surface area (Å²) in [4.78, 5) is 2.49. The molecule has 0 saturated carbocycles. The van der Waals surface area contributed by atoms with Crippen molar-refractivity contribution in [2.45, 2.75) is 24.7 Å². The zero-order valence-corrected chi connectivity index (χ0v) is 39.0. The summed E-state index contributed by atoms with van der Waals surface area (Å²) < 4.78 is 7.47. The zero-order chi connectivity index (χ0) is 46.6. The lowest BCUT2D eigenvalue weighted by molar-refractivity contribution is 0.660. The van der Waals surface area contributed by atoms with Gasteiger partial charge >= 0.3 is 0 Å². The first kappa shape index (κ1) is 40.4. The molecule has 0 unspecified atom stereocenters. The highest BCUT2D eigenvalue weighted by Crippen LogP contribution is 2.58. The van der Waals surface area contributed by atoms with Gasteiger partial charge in [-0.05, 0) is 126 Å². The van der Waals surface area contributed by atoms with E-state index in [2.05, 4.69) is 267 Å². The monoisotopic (exact) mass is 893 g/mol. The van der Waals surface area contributed by atoms with Gasteiger partial charge in [0.05, 0.1) is 11.1 Å². The summed E-state index contributed by atoms with van der Waals surface area (Å²) in [6.45, 7) is 4.74. The molecule has 2 aliphatic carbocycles. The van der Waals surface area contributed by atoms with Gasteiger partial charge in [0.2, 0.25) is 0 Å². The molecule has 0 radical (unpaired) electrons. The first-order chi connectivity index (χ1) is 34.5. The van der Waals surface area contributed by atoms with Gasteiger partial charge in [-0.25, -0.2) is 0 Å². The third kappa shape index (κ3) is 5.80.